The van der Waals surface area contributed by atoms with E-state index in [2.05, 4.69) is 25.9 Å². The van der Waals surface area contributed by atoms with Gasteiger partial charge in [-0.25, -0.2) is 4.68 Å². The molecule has 1 fully saturated rings. The molecule has 1 saturated heterocycles. The first-order valence-corrected chi connectivity index (χ1v) is 10.6. The summed E-state index contributed by atoms with van der Waals surface area (Å²) >= 11 is 1.61. The Bertz CT molecular complexity index is 1040. The van der Waals surface area contributed by atoms with E-state index in [4.69, 9.17) is 0 Å². The van der Waals surface area contributed by atoms with Crippen LogP contribution in [0.5, 0.6) is 0 Å². The molecule has 1 amide bonds. The SMILES string of the molecule is CCCc1nn(CC(=O)N2CC(C)CC(C)C2)c(=O)c2cc3ccsc3n12. The molecule has 4 rings (SSSR count). The lowest BCUT2D eigenvalue weighted by Gasteiger charge is -2.35. The molecule has 3 aromatic heterocycles. The van der Waals surface area contributed by atoms with Crippen molar-refractivity contribution < 1.29 is 4.79 Å². The Kier molecular flexibility index (Phi) is 4.80. The number of rotatable bonds is 4. The molecule has 27 heavy (non-hydrogen) atoms. The predicted octanol–water partition coefficient (Wildman–Crippen LogP) is 3.17. The van der Waals surface area contributed by atoms with Gasteiger partial charge in [0.15, 0.2) is 0 Å². The number of carbonyl (C=O) groups excluding carboxylic acids is 1. The minimum absolute atomic E-state index is 0.0110. The van der Waals surface area contributed by atoms with E-state index in [9.17, 15) is 9.59 Å². The number of aromatic nitrogens is 3. The number of amides is 1. The third kappa shape index (κ3) is 3.29. The Morgan fingerprint density at radius 3 is 2.74 bits per heavy atom. The Hall–Kier alpha value is -2.15. The van der Waals surface area contributed by atoms with Crippen LogP contribution in [0.3, 0.4) is 0 Å². The number of hydrogen-bond donors (Lipinski definition) is 0. The van der Waals surface area contributed by atoms with Crippen LogP contribution in [0.2, 0.25) is 0 Å². The number of carbonyl (C=O) groups is 1. The molecule has 2 unspecified atom stereocenters. The van der Waals surface area contributed by atoms with Gasteiger partial charge in [-0.05, 0) is 42.2 Å². The van der Waals surface area contributed by atoms with Gasteiger partial charge in [0.1, 0.15) is 22.7 Å². The summed E-state index contributed by atoms with van der Waals surface area (Å²) in [5, 5.41) is 7.67. The number of thiophene rings is 1. The second-order valence-corrected chi connectivity index (χ2v) is 8.81. The first-order chi connectivity index (χ1) is 13.0. The molecule has 3 aromatic rings. The molecule has 0 bridgehead atoms. The van der Waals surface area contributed by atoms with E-state index in [-0.39, 0.29) is 18.0 Å². The zero-order valence-electron chi connectivity index (χ0n) is 16.1. The van der Waals surface area contributed by atoms with E-state index in [1.807, 2.05) is 26.8 Å². The zero-order valence-corrected chi connectivity index (χ0v) is 17.0. The number of likely N-dealkylation sites (tertiary alicyclic amines) is 1. The topological polar surface area (TPSA) is 59.6 Å². The number of piperidine rings is 1. The highest BCUT2D eigenvalue weighted by atomic mass is 32.1. The van der Waals surface area contributed by atoms with Crippen LogP contribution in [0.1, 0.15) is 39.4 Å². The molecule has 7 heteroatoms. The van der Waals surface area contributed by atoms with Crippen LogP contribution < -0.4 is 5.56 Å². The van der Waals surface area contributed by atoms with Gasteiger partial charge in [-0.3, -0.25) is 14.0 Å². The van der Waals surface area contributed by atoms with Crippen molar-refractivity contribution in [1.82, 2.24) is 19.1 Å². The van der Waals surface area contributed by atoms with Crippen molar-refractivity contribution in [2.75, 3.05) is 13.1 Å². The molecular formula is C20H26N4O2S. The fourth-order valence-corrected chi connectivity index (χ4v) is 5.20. The summed E-state index contributed by atoms with van der Waals surface area (Å²) in [6.07, 6.45) is 2.85. The Labute approximate surface area is 162 Å². The van der Waals surface area contributed by atoms with Crippen LogP contribution in [0.4, 0.5) is 0 Å². The molecule has 0 spiro atoms. The van der Waals surface area contributed by atoms with Gasteiger partial charge in [-0.1, -0.05) is 20.8 Å². The second kappa shape index (κ2) is 7.11. The number of nitrogens with zero attached hydrogens (tertiary/aromatic N) is 4. The summed E-state index contributed by atoms with van der Waals surface area (Å²) in [5.74, 6) is 1.83. The smallest absolute Gasteiger partial charge is 0.291 e. The lowest BCUT2D eigenvalue weighted by molar-refractivity contribution is -0.134. The fraction of sp³-hybridized carbons (Fsp3) is 0.550. The van der Waals surface area contributed by atoms with Gasteiger partial charge in [0, 0.05) is 24.9 Å². The highest BCUT2D eigenvalue weighted by Crippen LogP contribution is 2.25. The van der Waals surface area contributed by atoms with Gasteiger partial charge < -0.3 is 4.90 Å². The van der Waals surface area contributed by atoms with Gasteiger partial charge in [-0.2, -0.15) is 5.10 Å². The predicted molar refractivity (Wildman–Crippen MR) is 108 cm³/mol. The minimum atomic E-state index is -0.190. The monoisotopic (exact) mass is 386 g/mol. The number of aryl methyl sites for hydroxylation is 1. The van der Waals surface area contributed by atoms with Gasteiger partial charge in [-0.15, -0.1) is 11.3 Å². The van der Waals surface area contributed by atoms with Crippen LogP contribution in [-0.2, 0) is 17.8 Å². The molecule has 0 aliphatic carbocycles. The van der Waals surface area contributed by atoms with Gasteiger partial charge >= 0.3 is 0 Å². The Morgan fingerprint density at radius 1 is 1.30 bits per heavy atom. The van der Waals surface area contributed by atoms with Crippen LogP contribution in [0.25, 0.3) is 15.7 Å². The van der Waals surface area contributed by atoms with Crippen molar-refractivity contribution >= 4 is 33.0 Å². The standard InChI is InChI=1S/C20H26N4O2S/c1-4-5-17-21-23(12-18(25)22-10-13(2)8-14(3)11-22)19(26)16-9-15-6-7-27-20(15)24(16)17/h6-7,9,13-14H,4-5,8,10-12H2,1-3H3. The largest absolute Gasteiger partial charge is 0.341 e. The third-order valence-corrected chi connectivity index (χ3v) is 6.25. The maximum Gasteiger partial charge on any atom is 0.291 e. The Balaban J connectivity index is 1.72. The quantitative estimate of drug-likeness (QED) is 0.692. The van der Waals surface area contributed by atoms with Crippen LogP contribution in [0.15, 0.2) is 22.3 Å². The average Bonchev–Trinajstić information content (AvgIpc) is 3.19. The van der Waals surface area contributed by atoms with Crippen LogP contribution >= 0.6 is 11.3 Å². The van der Waals surface area contributed by atoms with Crippen molar-refractivity contribution in [3.63, 3.8) is 0 Å². The zero-order chi connectivity index (χ0) is 19.1. The first-order valence-electron chi connectivity index (χ1n) is 9.74. The molecule has 0 aromatic carbocycles. The van der Waals surface area contributed by atoms with Gasteiger partial charge in [0.2, 0.25) is 5.91 Å². The molecule has 6 nitrogen and oxygen atoms in total. The average molecular weight is 387 g/mol. The van der Waals surface area contributed by atoms with Gasteiger partial charge in [0.05, 0.1) is 0 Å². The van der Waals surface area contributed by atoms with Crippen molar-refractivity contribution in [1.29, 1.82) is 0 Å². The molecule has 4 heterocycles. The highest BCUT2D eigenvalue weighted by Gasteiger charge is 2.26. The van der Waals surface area contributed by atoms with Crippen LogP contribution in [-0.4, -0.2) is 38.1 Å². The summed E-state index contributed by atoms with van der Waals surface area (Å²) in [7, 11) is 0. The lowest BCUT2D eigenvalue weighted by Crippen LogP contribution is -2.45. The van der Waals surface area contributed by atoms with Crippen molar-refractivity contribution in [2.45, 2.75) is 46.6 Å². The summed E-state index contributed by atoms with van der Waals surface area (Å²) in [5.41, 5.74) is 0.424. The maximum atomic E-state index is 13.0. The van der Waals surface area contributed by atoms with E-state index < -0.39 is 0 Å². The molecule has 2 atom stereocenters. The molecule has 144 valence electrons. The molecule has 1 aliphatic heterocycles. The lowest BCUT2D eigenvalue weighted by atomic mass is 9.92. The van der Waals surface area contributed by atoms with Gasteiger partial charge in [0.25, 0.3) is 5.56 Å². The summed E-state index contributed by atoms with van der Waals surface area (Å²) in [6, 6.07) is 3.94. The molecule has 1 aliphatic rings. The number of fused-ring (bicyclic) bond motifs is 3. The Morgan fingerprint density at radius 2 is 2.04 bits per heavy atom. The van der Waals surface area contributed by atoms with Crippen molar-refractivity contribution in [3.05, 3.63) is 33.7 Å². The fourth-order valence-electron chi connectivity index (χ4n) is 4.29. The minimum Gasteiger partial charge on any atom is -0.341 e. The van der Waals surface area contributed by atoms with Crippen molar-refractivity contribution in [2.24, 2.45) is 11.8 Å². The summed E-state index contributed by atoms with van der Waals surface area (Å²) < 4.78 is 3.34. The van der Waals surface area contributed by atoms with E-state index in [0.717, 1.165) is 48.4 Å². The van der Waals surface area contributed by atoms with E-state index >= 15 is 0 Å². The number of hydrogen-bond acceptors (Lipinski definition) is 4. The van der Waals surface area contributed by atoms with Crippen LogP contribution in [0, 0.1) is 11.8 Å². The second-order valence-electron chi connectivity index (χ2n) is 7.92. The highest BCUT2D eigenvalue weighted by molar-refractivity contribution is 7.16. The van der Waals surface area contributed by atoms with E-state index in [1.54, 1.807) is 11.3 Å². The maximum absolute atomic E-state index is 13.0. The van der Waals surface area contributed by atoms with Crippen molar-refractivity contribution in [3.8, 4) is 0 Å². The first kappa shape index (κ1) is 18.2. The normalized spacial score (nSPS) is 20.6. The van der Waals surface area contributed by atoms with E-state index in [1.165, 1.54) is 4.68 Å². The third-order valence-electron chi connectivity index (χ3n) is 5.34. The van der Waals surface area contributed by atoms with E-state index in [0.29, 0.717) is 17.4 Å². The molecular weight excluding hydrogens is 360 g/mol. The molecule has 0 N–H and O–H groups in total. The summed E-state index contributed by atoms with van der Waals surface area (Å²) in [6.45, 7) is 8.01. The molecule has 0 saturated carbocycles. The summed E-state index contributed by atoms with van der Waals surface area (Å²) in [4.78, 5) is 28.8. The molecule has 0 radical (unpaired) electrons.